The molecule has 0 spiro atoms. The molecule has 0 bridgehead atoms. The van der Waals surface area contributed by atoms with Crippen LogP contribution in [0.25, 0.3) is 0 Å². The fourth-order valence-electron chi connectivity index (χ4n) is 0.642. The average molecular weight is 179 g/mol. The van der Waals surface area contributed by atoms with Crippen molar-refractivity contribution in [3.63, 3.8) is 0 Å². The fourth-order valence-corrected chi connectivity index (χ4v) is 0.694. The summed E-state index contributed by atoms with van der Waals surface area (Å²) in [4.78, 5) is 4.68. The molecule has 0 aliphatic rings. The lowest BCUT2D eigenvalue weighted by atomic mass is 10.4. The minimum atomic E-state index is 0.641. The number of nitrogens with one attached hydrogen (secondary N) is 1. The van der Waals surface area contributed by atoms with Crippen molar-refractivity contribution in [1.29, 1.82) is 0 Å². The molecule has 4 heteroatoms. The van der Waals surface area contributed by atoms with E-state index in [1.165, 1.54) is 0 Å². The van der Waals surface area contributed by atoms with Crippen molar-refractivity contribution in [2.75, 3.05) is 0 Å². The van der Waals surface area contributed by atoms with Crippen LogP contribution < -0.4 is 5.43 Å². The van der Waals surface area contributed by atoms with E-state index in [2.05, 4.69) is 15.5 Å². The quantitative estimate of drug-likeness (QED) is 0.423. The number of hydrogen-bond acceptors (Lipinski definition) is 3. The van der Waals surface area contributed by atoms with Crippen molar-refractivity contribution in [1.82, 2.24) is 10.4 Å². The number of rotatable bonds is 2. The van der Waals surface area contributed by atoms with Gasteiger partial charge in [0.1, 0.15) is 0 Å². The van der Waals surface area contributed by atoms with E-state index >= 15 is 0 Å². The zero-order valence-corrected chi connectivity index (χ0v) is 7.51. The second-order valence-electron chi connectivity index (χ2n) is 2.18. The van der Waals surface area contributed by atoms with E-state index in [-0.39, 0.29) is 0 Å². The summed E-state index contributed by atoms with van der Waals surface area (Å²) in [7, 11) is 0. The smallest absolute Gasteiger partial charge is 0.0930 e. The molecule has 0 aliphatic carbocycles. The van der Waals surface area contributed by atoms with Crippen LogP contribution >= 0.6 is 12.2 Å². The van der Waals surface area contributed by atoms with Gasteiger partial charge in [-0.25, -0.2) is 0 Å². The number of nitrogens with zero attached hydrogens (tertiary/aromatic N) is 2. The van der Waals surface area contributed by atoms with Gasteiger partial charge in [0.05, 0.1) is 16.9 Å². The summed E-state index contributed by atoms with van der Waals surface area (Å²) in [6.07, 6.45) is 3.33. The Kier molecular flexibility index (Phi) is 3.35. The first-order chi connectivity index (χ1) is 5.79. The third-order valence-corrected chi connectivity index (χ3v) is 1.20. The molecule has 0 amide bonds. The van der Waals surface area contributed by atoms with Gasteiger partial charge >= 0.3 is 0 Å². The topological polar surface area (TPSA) is 37.3 Å². The van der Waals surface area contributed by atoms with Crippen LogP contribution in [0.4, 0.5) is 0 Å². The van der Waals surface area contributed by atoms with Gasteiger partial charge in [-0.05, 0) is 19.1 Å². The Labute approximate surface area is 76.5 Å². The molecule has 0 fully saturated rings. The van der Waals surface area contributed by atoms with E-state index in [1.807, 2.05) is 18.2 Å². The summed E-state index contributed by atoms with van der Waals surface area (Å²) in [5.74, 6) is 0. The zero-order chi connectivity index (χ0) is 8.81. The minimum Gasteiger partial charge on any atom is -0.272 e. The van der Waals surface area contributed by atoms with Crippen molar-refractivity contribution >= 4 is 23.4 Å². The summed E-state index contributed by atoms with van der Waals surface area (Å²) in [6.45, 7) is 1.77. The molecule has 3 nitrogen and oxygen atoms in total. The van der Waals surface area contributed by atoms with Gasteiger partial charge in [0.2, 0.25) is 0 Å². The summed E-state index contributed by atoms with van der Waals surface area (Å²) in [6, 6.07) is 5.62. The van der Waals surface area contributed by atoms with Gasteiger partial charge in [-0.1, -0.05) is 18.3 Å². The van der Waals surface area contributed by atoms with E-state index in [0.29, 0.717) is 4.99 Å². The molecule has 12 heavy (non-hydrogen) atoms. The number of pyridine rings is 1. The van der Waals surface area contributed by atoms with Gasteiger partial charge in [0.15, 0.2) is 0 Å². The van der Waals surface area contributed by atoms with Crippen LogP contribution in [0.3, 0.4) is 0 Å². The van der Waals surface area contributed by atoms with Crippen LogP contribution in [0.2, 0.25) is 0 Å². The maximum absolute atomic E-state index is 4.77. The average Bonchev–Trinajstić information content (AvgIpc) is 2.05. The number of hydrazone groups is 1. The van der Waals surface area contributed by atoms with Crippen LogP contribution in [0.1, 0.15) is 12.6 Å². The second kappa shape index (κ2) is 4.56. The largest absolute Gasteiger partial charge is 0.272 e. The number of hydrogen-bond donors (Lipinski definition) is 1. The lowest BCUT2D eigenvalue weighted by Crippen LogP contribution is -2.10. The van der Waals surface area contributed by atoms with Crippen molar-refractivity contribution in [3.8, 4) is 0 Å². The highest BCUT2D eigenvalue weighted by molar-refractivity contribution is 7.80. The van der Waals surface area contributed by atoms with Gasteiger partial charge in [-0.15, -0.1) is 0 Å². The summed E-state index contributed by atoms with van der Waals surface area (Å²) in [5, 5.41) is 3.86. The van der Waals surface area contributed by atoms with Gasteiger partial charge in [0, 0.05) is 6.20 Å². The zero-order valence-electron chi connectivity index (χ0n) is 6.69. The molecule has 0 unspecified atom stereocenters. The van der Waals surface area contributed by atoms with Crippen LogP contribution in [-0.4, -0.2) is 16.2 Å². The van der Waals surface area contributed by atoms with Crippen LogP contribution in [0.5, 0.6) is 0 Å². The maximum Gasteiger partial charge on any atom is 0.0930 e. The highest BCUT2D eigenvalue weighted by Gasteiger charge is 1.84. The molecule has 1 rings (SSSR count). The first kappa shape index (κ1) is 8.80. The Morgan fingerprint density at radius 2 is 2.50 bits per heavy atom. The SMILES string of the molecule is CC(=S)N/N=C/c1ccccn1. The Bertz CT molecular complexity index is 282. The molecule has 0 saturated carbocycles. The van der Waals surface area contributed by atoms with E-state index in [0.717, 1.165) is 5.69 Å². The molecule has 1 aromatic heterocycles. The van der Waals surface area contributed by atoms with Crippen LogP contribution in [-0.2, 0) is 0 Å². The summed E-state index contributed by atoms with van der Waals surface area (Å²) in [5.41, 5.74) is 3.46. The predicted molar refractivity (Wildman–Crippen MR) is 53.2 cm³/mol. The Hall–Kier alpha value is -1.29. The number of thiocarbonyl (C=S) groups is 1. The molecule has 1 aromatic rings. The standard InChI is InChI=1S/C8H9N3S/c1-7(12)11-10-6-8-4-2-3-5-9-8/h2-6H,1H3,(H,11,12)/b10-6+. The molecule has 0 saturated heterocycles. The highest BCUT2D eigenvalue weighted by atomic mass is 32.1. The van der Waals surface area contributed by atoms with Crippen molar-refractivity contribution in [2.45, 2.75) is 6.92 Å². The van der Waals surface area contributed by atoms with E-state index in [9.17, 15) is 0 Å². The normalized spacial score (nSPS) is 10.1. The van der Waals surface area contributed by atoms with Crippen molar-refractivity contribution < 1.29 is 0 Å². The van der Waals surface area contributed by atoms with Gasteiger partial charge in [0.25, 0.3) is 0 Å². The third kappa shape index (κ3) is 3.21. The van der Waals surface area contributed by atoms with Gasteiger partial charge < -0.3 is 0 Å². The van der Waals surface area contributed by atoms with Gasteiger partial charge in [-0.3, -0.25) is 10.4 Å². The second-order valence-corrected chi connectivity index (χ2v) is 2.79. The Morgan fingerprint density at radius 1 is 1.67 bits per heavy atom. The maximum atomic E-state index is 4.77. The molecule has 0 radical (unpaired) electrons. The van der Waals surface area contributed by atoms with E-state index < -0.39 is 0 Å². The lowest BCUT2D eigenvalue weighted by molar-refractivity contribution is 1.05. The van der Waals surface area contributed by atoms with Crippen molar-refractivity contribution in [2.24, 2.45) is 5.10 Å². The summed E-state index contributed by atoms with van der Waals surface area (Å²) < 4.78 is 0. The number of aromatic nitrogens is 1. The third-order valence-electron chi connectivity index (χ3n) is 1.11. The van der Waals surface area contributed by atoms with Crippen molar-refractivity contribution in [3.05, 3.63) is 30.1 Å². The first-order valence-corrected chi connectivity index (χ1v) is 3.90. The Morgan fingerprint density at radius 3 is 3.08 bits per heavy atom. The van der Waals surface area contributed by atoms with E-state index in [4.69, 9.17) is 12.2 Å². The molecule has 62 valence electrons. The fraction of sp³-hybridized carbons (Fsp3) is 0.125. The Balaban J connectivity index is 2.52. The summed E-state index contributed by atoms with van der Waals surface area (Å²) >= 11 is 4.77. The van der Waals surface area contributed by atoms with Crippen LogP contribution in [0, 0.1) is 0 Å². The minimum absolute atomic E-state index is 0.641. The monoisotopic (exact) mass is 179 g/mol. The molecule has 0 atom stereocenters. The lowest BCUT2D eigenvalue weighted by Gasteiger charge is -1.92. The van der Waals surface area contributed by atoms with Crippen LogP contribution in [0.15, 0.2) is 29.5 Å². The molecule has 0 aromatic carbocycles. The molecule has 1 N–H and O–H groups in total. The van der Waals surface area contributed by atoms with E-state index in [1.54, 1.807) is 19.3 Å². The molecular formula is C8H9N3S. The predicted octanol–water partition coefficient (Wildman–Crippen LogP) is 1.35. The molecular weight excluding hydrogens is 170 g/mol. The first-order valence-electron chi connectivity index (χ1n) is 3.50. The molecule has 0 aliphatic heterocycles. The molecule has 1 heterocycles. The van der Waals surface area contributed by atoms with Gasteiger partial charge in [-0.2, -0.15) is 5.10 Å². The highest BCUT2D eigenvalue weighted by Crippen LogP contribution is 1.87.